The molecule has 0 fully saturated rings. The number of rotatable bonds is 8. The van der Waals surface area contributed by atoms with Crippen molar-refractivity contribution in [3.05, 3.63) is 52.2 Å². The average molecular weight is 395 g/mol. The number of hydrogen-bond acceptors (Lipinski definition) is 5. The van der Waals surface area contributed by atoms with Crippen molar-refractivity contribution in [2.75, 3.05) is 12.8 Å². The van der Waals surface area contributed by atoms with Gasteiger partial charge in [-0.25, -0.2) is 8.42 Å². The zero-order chi connectivity index (χ0) is 19.2. The molecular formula is C18H22N2O4S2. The molecule has 1 aromatic heterocycles. The lowest BCUT2D eigenvalue weighted by Crippen LogP contribution is -2.28. The van der Waals surface area contributed by atoms with Gasteiger partial charge in [-0.15, -0.1) is 11.3 Å². The van der Waals surface area contributed by atoms with Gasteiger partial charge in [0.2, 0.25) is 5.91 Å². The van der Waals surface area contributed by atoms with Crippen LogP contribution in [0.4, 0.5) is 0 Å². The van der Waals surface area contributed by atoms with Crippen LogP contribution in [0.3, 0.4) is 0 Å². The third-order valence-electron chi connectivity index (χ3n) is 3.80. The molecule has 1 atom stereocenters. The predicted octanol–water partition coefficient (Wildman–Crippen LogP) is 2.54. The molecule has 0 bridgehead atoms. The Morgan fingerprint density at radius 3 is 2.42 bits per heavy atom. The van der Waals surface area contributed by atoms with E-state index in [1.165, 1.54) is 23.5 Å². The lowest BCUT2D eigenvalue weighted by molar-refractivity contribution is -0.121. The number of thiophene rings is 1. The fraction of sp³-hybridized carbons (Fsp3) is 0.333. The molecule has 0 aliphatic rings. The highest BCUT2D eigenvalue weighted by Gasteiger charge is 2.12. The van der Waals surface area contributed by atoms with Crippen LogP contribution >= 0.6 is 11.3 Å². The van der Waals surface area contributed by atoms with Gasteiger partial charge in [-0.3, -0.25) is 9.59 Å². The molecular weight excluding hydrogens is 372 g/mol. The second kappa shape index (κ2) is 8.95. The van der Waals surface area contributed by atoms with Crippen molar-refractivity contribution >= 4 is 33.0 Å². The van der Waals surface area contributed by atoms with Crippen molar-refractivity contribution < 1.29 is 18.0 Å². The first kappa shape index (κ1) is 20.1. The monoisotopic (exact) mass is 394 g/mol. The largest absolute Gasteiger partial charge is 0.351 e. The average Bonchev–Trinajstić information content (AvgIpc) is 3.12. The smallest absolute Gasteiger partial charge is 0.261 e. The molecule has 2 N–H and O–H groups in total. The molecule has 140 valence electrons. The molecule has 2 aromatic rings. The van der Waals surface area contributed by atoms with Crippen LogP contribution < -0.4 is 10.6 Å². The molecule has 0 spiro atoms. The van der Waals surface area contributed by atoms with E-state index in [0.29, 0.717) is 24.3 Å². The second-order valence-electron chi connectivity index (χ2n) is 5.97. The zero-order valence-corrected chi connectivity index (χ0v) is 16.3. The van der Waals surface area contributed by atoms with Crippen LogP contribution in [0.15, 0.2) is 46.7 Å². The lowest BCUT2D eigenvalue weighted by Gasteiger charge is -2.15. The quantitative estimate of drug-likeness (QED) is 0.673. The minimum atomic E-state index is -3.23. The maximum atomic E-state index is 12.0. The Balaban J connectivity index is 1.74. The first-order chi connectivity index (χ1) is 12.3. The first-order valence-electron chi connectivity index (χ1n) is 8.18. The van der Waals surface area contributed by atoms with Crippen LogP contribution in [-0.2, 0) is 14.6 Å². The minimum Gasteiger partial charge on any atom is -0.351 e. The summed E-state index contributed by atoms with van der Waals surface area (Å²) in [4.78, 5) is 24.7. The Labute approximate surface area is 157 Å². The maximum Gasteiger partial charge on any atom is 0.261 e. The third-order valence-corrected chi connectivity index (χ3v) is 5.79. The number of hydrogen-bond donors (Lipinski definition) is 2. The van der Waals surface area contributed by atoms with Gasteiger partial charge in [0.25, 0.3) is 5.91 Å². The topological polar surface area (TPSA) is 92.3 Å². The number of carbonyl (C=O) groups is 2. The number of sulfone groups is 1. The van der Waals surface area contributed by atoms with Crippen molar-refractivity contribution in [1.82, 2.24) is 10.6 Å². The number of carbonyl (C=O) groups excluding carboxylic acids is 2. The predicted molar refractivity (Wildman–Crippen MR) is 102 cm³/mol. The highest BCUT2D eigenvalue weighted by molar-refractivity contribution is 7.90. The normalized spacial score (nSPS) is 12.4. The van der Waals surface area contributed by atoms with Crippen molar-refractivity contribution in [1.29, 1.82) is 0 Å². The van der Waals surface area contributed by atoms with E-state index < -0.39 is 9.84 Å². The molecule has 1 aromatic carbocycles. The lowest BCUT2D eigenvalue weighted by atomic mass is 10.1. The maximum absolute atomic E-state index is 12.0. The van der Waals surface area contributed by atoms with Gasteiger partial charge >= 0.3 is 0 Å². The van der Waals surface area contributed by atoms with Crippen molar-refractivity contribution in [3.8, 4) is 0 Å². The minimum absolute atomic E-state index is 0.116. The van der Waals surface area contributed by atoms with E-state index >= 15 is 0 Å². The summed E-state index contributed by atoms with van der Waals surface area (Å²) in [5.74, 6) is -0.241. The molecule has 0 radical (unpaired) electrons. The van der Waals surface area contributed by atoms with E-state index in [4.69, 9.17) is 0 Å². The second-order valence-corrected chi connectivity index (χ2v) is 8.93. The molecule has 0 aliphatic carbocycles. The van der Waals surface area contributed by atoms with Crippen LogP contribution in [0.2, 0.25) is 0 Å². The number of amides is 2. The summed E-state index contributed by atoms with van der Waals surface area (Å²) in [7, 11) is -3.23. The summed E-state index contributed by atoms with van der Waals surface area (Å²) in [6.45, 7) is 2.27. The van der Waals surface area contributed by atoms with Crippen LogP contribution in [0, 0.1) is 0 Å². The Hall–Kier alpha value is -2.19. The SMILES string of the molecule is CC(NC(=O)CCCNC(=O)c1cccs1)c1ccc(S(C)(=O)=O)cc1. The summed E-state index contributed by atoms with van der Waals surface area (Å²) in [6.07, 6.45) is 2.00. The molecule has 0 saturated carbocycles. The van der Waals surface area contributed by atoms with Gasteiger partial charge in [0.1, 0.15) is 0 Å². The van der Waals surface area contributed by atoms with E-state index in [1.807, 2.05) is 18.4 Å². The van der Waals surface area contributed by atoms with Gasteiger partial charge in [-0.1, -0.05) is 18.2 Å². The van der Waals surface area contributed by atoms with Crippen LogP contribution in [0.25, 0.3) is 0 Å². The number of benzene rings is 1. The van der Waals surface area contributed by atoms with Gasteiger partial charge in [0.05, 0.1) is 15.8 Å². The summed E-state index contributed by atoms with van der Waals surface area (Å²) in [5, 5.41) is 7.49. The van der Waals surface area contributed by atoms with Gasteiger partial charge in [0, 0.05) is 19.2 Å². The van der Waals surface area contributed by atoms with Gasteiger partial charge in [-0.2, -0.15) is 0 Å². The molecule has 0 saturated heterocycles. The Bertz CT molecular complexity index is 844. The van der Waals surface area contributed by atoms with Crippen LogP contribution in [0.1, 0.15) is 41.0 Å². The van der Waals surface area contributed by atoms with Crippen LogP contribution in [-0.4, -0.2) is 33.0 Å². The van der Waals surface area contributed by atoms with Gasteiger partial charge in [0.15, 0.2) is 9.84 Å². The molecule has 1 unspecified atom stereocenters. The van der Waals surface area contributed by atoms with Crippen LogP contribution in [0.5, 0.6) is 0 Å². The molecule has 2 rings (SSSR count). The fourth-order valence-electron chi connectivity index (χ4n) is 2.35. The first-order valence-corrected chi connectivity index (χ1v) is 11.0. The standard InChI is InChI=1S/C18H22N2O4S2/c1-13(14-7-9-15(10-8-14)26(2,23)24)20-17(21)6-3-11-19-18(22)16-5-4-12-25-16/h4-5,7-10,12-13H,3,6,11H2,1-2H3,(H,19,22)(H,20,21). The summed E-state index contributed by atoms with van der Waals surface area (Å²) in [6, 6.07) is 9.81. The Morgan fingerprint density at radius 1 is 1.15 bits per heavy atom. The number of nitrogens with one attached hydrogen (secondary N) is 2. The van der Waals surface area contributed by atoms with Crippen molar-refractivity contribution in [2.24, 2.45) is 0 Å². The van der Waals surface area contributed by atoms with Crippen molar-refractivity contribution in [3.63, 3.8) is 0 Å². The third kappa shape index (κ3) is 5.96. The van der Waals surface area contributed by atoms with E-state index in [2.05, 4.69) is 10.6 Å². The van der Waals surface area contributed by atoms with E-state index in [-0.39, 0.29) is 22.8 Å². The Morgan fingerprint density at radius 2 is 1.85 bits per heavy atom. The zero-order valence-electron chi connectivity index (χ0n) is 14.7. The highest BCUT2D eigenvalue weighted by atomic mass is 32.2. The molecule has 26 heavy (non-hydrogen) atoms. The van der Waals surface area contributed by atoms with Crippen molar-refractivity contribution in [2.45, 2.75) is 30.7 Å². The molecule has 6 nitrogen and oxygen atoms in total. The van der Waals surface area contributed by atoms with Gasteiger partial charge in [-0.05, 0) is 42.5 Å². The van der Waals surface area contributed by atoms with E-state index in [9.17, 15) is 18.0 Å². The molecule has 8 heteroatoms. The van der Waals surface area contributed by atoms with E-state index in [1.54, 1.807) is 18.2 Å². The summed E-state index contributed by atoms with van der Waals surface area (Å²) < 4.78 is 22.9. The fourth-order valence-corrected chi connectivity index (χ4v) is 3.62. The Kier molecular flexibility index (Phi) is 6.93. The molecule has 0 aliphatic heterocycles. The molecule has 1 heterocycles. The highest BCUT2D eigenvalue weighted by Crippen LogP contribution is 2.16. The summed E-state index contributed by atoms with van der Waals surface area (Å²) >= 11 is 1.37. The summed E-state index contributed by atoms with van der Waals surface area (Å²) in [5.41, 5.74) is 0.830. The molecule has 2 amide bonds. The van der Waals surface area contributed by atoms with E-state index in [0.717, 1.165) is 11.8 Å². The van der Waals surface area contributed by atoms with Gasteiger partial charge < -0.3 is 10.6 Å².